The van der Waals surface area contributed by atoms with Gasteiger partial charge in [0.05, 0.1) is 11.0 Å². The van der Waals surface area contributed by atoms with Crippen molar-refractivity contribution in [3.63, 3.8) is 0 Å². The van der Waals surface area contributed by atoms with E-state index < -0.39 is 4.92 Å². The van der Waals surface area contributed by atoms with Crippen molar-refractivity contribution in [2.45, 2.75) is 19.4 Å². The number of hydrogen-bond donors (Lipinski definition) is 1. The van der Waals surface area contributed by atoms with Gasteiger partial charge in [0.25, 0.3) is 0 Å². The fourth-order valence-electron chi connectivity index (χ4n) is 2.70. The fraction of sp³-hybridized carbons (Fsp3) is 0.438. The average Bonchev–Trinajstić information content (AvgIpc) is 2.83. The molecule has 1 N–H and O–H groups in total. The molecular weight excluding hydrogens is 313 g/mol. The monoisotopic (exact) mass is 335 g/mol. The molecule has 7 nitrogen and oxygen atoms in total. The molecule has 0 aliphatic heterocycles. The molecule has 0 spiro atoms. The molecule has 130 valence electrons. The van der Waals surface area contributed by atoms with Crippen LogP contribution in [0.25, 0.3) is 0 Å². The van der Waals surface area contributed by atoms with Gasteiger partial charge in [0.1, 0.15) is 11.5 Å². The van der Waals surface area contributed by atoms with Crippen LogP contribution in [0.5, 0.6) is 0 Å². The van der Waals surface area contributed by atoms with Crippen LogP contribution in [0.4, 0.5) is 15.9 Å². The molecule has 0 saturated heterocycles. The highest BCUT2D eigenvalue weighted by Crippen LogP contribution is 2.29. The summed E-state index contributed by atoms with van der Waals surface area (Å²) in [4.78, 5) is 12.9. The van der Waals surface area contributed by atoms with Crippen LogP contribution in [0.1, 0.15) is 24.2 Å². The van der Waals surface area contributed by atoms with Gasteiger partial charge in [-0.05, 0) is 38.2 Å². The number of likely N-dealkylation sites (N-methyl/N-ethyl adjacent to an activating group) is 1. The third kappa shape index (κ3) is 3.70. The number of hydrogen-bond acceptors (Lipinski definition) is 5. The second-order valence-corrected chi connectivity index (χ2v) is 5.79. The standard InChI is InChI=1S/C16H22FN5O2/c1-5-13-15(22(23)24)16(21(4)19-13)18-10-14(20(2)3)11-7-6-8-12(17)9-11/h6-9,14,18H,5,10H2,1-4H3. The molecule has 0 aliphatic rings. The Bertz CT molecular complexity index is 729. The molecule has 1 aromatic carbocycles. The maximum Gasteiger partial charge on any atom is 0.333 e. The van der Waals surface area contributed by atoms with Gasteiger partial charge in [-0.1, -0.05) is 19.1 Å². The Morgan fingerprint density at radius 2 is 2.17 bits per heavy atom. The third-order valence-corrected chi connectivity index (χ3v) is 3.93. The zero-order valence-electron chi connectivity index (χ0n) is 14.3. The molecule has 1 aromatic heterocycles. The quantitative estimate of drug-likeness (QED) is 0.622. The first-order valence-corrected chi connectivity index (χ1v) is 7.71. The molecule has 0 aliphatic carbocycles. The normalized spacial score (nSPS) is 12.4. The van der Waals surface area contributed by atoms with Crippen molar-refractivity contribution in [1.29, 1.82) is 0 Å². The Kier molecular flexibility index (Phi) is 5.50. The second-order valence-electron chi connectivity index (χ2n) is 5.79. The molecule has 0 amide bonds. The minimum absolute atomic E-state index is 0.00301. The lowest BCUT2D eigenvalue weighted by Crippen LogP contribution is -2.27. The number of nitrogens with one attached hydrogen (secondary N) is 1. The van der Waals surface area contributed by atoms with Crippen LogP contribution in [-0.2, 0) is 13.5 Å². The third-order valence-electron chi connectivity index (χ3n) is 3.93. The van der Waals surface area contributed by atoms with Gasteiger partial charge in [0.15, 0.2) is 0 Å². The largest absolute Gasteiger partial charge is 0.363 e. The van der Waals surface area contributed by atoms with Crippen LogP contribution in [0.15, 0.2) is 24.3 Å². The van der Waals surface area contributed by atoms with Gasteiger partial charge in [-0.15, -0.1) is 0 Å². The summed E-state index contributed by atoms with van der Waals surface area (Å²) >= 11 is 0. The predicted molar refractivity (Wildman–Crippen MR) is 90.6 cm³/mol. The Labute approximate surface area is 140 Å². The smallest absolute Gasteiger partial charge is 0.333 e. The maximum atomic E-state index is 13.5. The molecule has 0 saturated carbocycles. The number of halogens is 1. The number of rotatable bonds is 7. The lowest BCUT2D eigenvalue weighted by atomic mass is 10.1. The highest BCUT2D eigenvalue weighted by Gasteiger charge is 2.26. The Morgan fingerprint density at radius 1 is 1.46 bits per heavy atom. The number of nitrogens with zero attached hydrogens (tertiary/aromatic N) is 4. The van der Waals surface area contributed by atoms with Gasteiger partial charge >= 0.3 is 5.69 Å². The van der Waals surface area contributed by atoms with Crippen LogP contribution in [0.3, 0.4) is 0 Å². The zero-order valence-corrected chi connectivity index (χ0v) is 14.3. The van der Waals surface area contributed by atoms with Gasteiger partial charge < -0.3 is 10.2 Å². The second kappa shape index (κ2) is 7.39. The molecule has 0 radical (unpaired) electrons. The summed E-state index contributed by atoms with van der Waals surface area (Å²) in [6.07, 6.45) is 0.479. The van der Waals surface area contributed by atoms with Crippen LogP contribution in [0, 0.1) is 15.9 Å². The number of benzene rings is 1. The topological polar surface area (TPSA) is 76.2 Å². The van der Waals surface area contributed by atoms with Gasteiger partial charge in [-0.25, -0.2) is 9.07 Å². The van der Waals surface area contributed by atoms with E-state index in [1.807, 2.05) is 32.0 Å². The number of aromatic nitrogens is 2. The summed E-state index contributed by atoms with van der Waals surface area (Å²) in [7, 11) is 5.43. The first-order chi connectivity index (χ1) is 11.3. The van der Waals surface area contributed by atoms with E-state index in [-0.39, 0.29) is 17.5 Å². The molecule has 1 atom stereocenters. The van der Waals surface area contributed by atoms with Gasteiger partial charge in [0, 0.05) is 13.6 Å². The Hall–Kier alpha value is -2.48. The van der Waals surface area contributed by atoms with E-state index in [0.717, 1.165) is 5.56 Å². The molecule has 1 heterocycles. The highest BCUT2D eigenvalue weighted by atomic mass is 19.1. The number of aryl methyl sites for hydroxylation is 2. The van der Waals surface area contributed by atoms with E-state index in [0.29, 0.717) is 24.5 Å². The van der Waals surface area contributed by atoms with Gasteiger partial charge in [-0.3, -0.25) is 10.1 Å². The first kappa shape index (κ1) is 17.9. The Morgan fingerprint density at radius 3 is 2.71 bits per heavy atom. The van der Waals surface area contributed by atoms with Crippen molar-refractivity contribution in [2.24, 2.45) is 7.05 Å². The summed E-state index contributed by atoms with van der Waals surface area (Å²) in [6.45, 7) is 2.22. The maximum absolute atomic E-state index is 13.5. The zero-order chi connectivity index (χ0) is 17.9. The molecule has 2 aromatic rings. The number of anilines is 1. The van der Waals surface area contributed by atoms with Crippen LogP contribution in [-0.4, -0.2) is 40.2 Å². The SMILES string of the molecule is CCc1nn(C)c(NCC(c2cccc(F)c2)N(C)C)c1[N+](=O)[O-]. The van der Waals surface area contributed by atoms with E-state index in [1.165, 1.54) is 16.8 Å². The molecule has 0 fully saturated rings. The molecule has 2 rings (SSSR count). The van der Waals surface area contributed by atoms with Crippen molar-refractivity contribution in [2.75, 3.05) is 26.0 Å². The van der Waals surface area contributed by atoms with Crippen LogP contribution >= 0.6 is 0 Å². The first-order valence-electron chi connectivity index (χ1n) is 7.71. The van der Waals surface area contributed by atoms with Gasteiger partial charge in [-0.2, -0.15) is 5.10 Å². The molecule has 24 heavy (non-hydrogen) atoms. The summed E-state index contributed by atoms with van der Waals surface area (Å²) < 4.78 is 15.0. The van der Waals surface area contributed by atoms with Crippen molar-refractivity contribution < 1.29 is 9.31 Å². The molecular formula is C16H22FN5O2. The van der Waals surface area contributed by atoms with E-state index >= 15 is 0 Å². The Balaban J connectivity index is 2.28. The summed E-state index contributed by atoms with van der Waals surface area (Å²) in [5.41, 5.74) is 1.24. The van der Waals surface area contributed by atoms with E-state index in [2.05, 4.69) is 10.4 Å². The summed E-state index contributed by atoms with van der Waals surface area (Å²) in [5.74, 6) is 0.0548. The van der Waals surface area contributed by atoms with E-state index in [4.69, 9.17) is 0 Å². The minimum Gasteiger partial charge on any atom is -0.363 e. The van der Waals surface area contributed by atoms with Crippen molar-refractivity contribution in [1.82, 2.24) is 14.7 Å². The van der Waals surface area contributed by atoms with Crippen molar-refractivity contribution >= 4 is 11.5 Å². The lowest BCUT2D eigenvalue weighted by Gasteiger charge is -2.25. The molecule has 8 heteroatoms. The minimum atomic E-state index is -0.416. The molecule has 1 unspecified atom stereocenters. The number of nitro groups is 1. The van der Waals surface area contributed by atoms with Crippen LogP contribution < -0.4 is 5.32 Å². The summed E-state index contributed by atoms with van der Waals surface area (Å²) in [5, 5.41) is 18.7. The predicted octanol–water partition coefficient (Wildman–Crippen LogP) is 2.74. The van der Waals surface area contributed by atoms with E-state index in [1.54, 1.807) is 13.1 Å². The average molecular weight is 335 g/mol. The van der Waals surface area contributed by atoms with Gasteiger partial charge in [0.2, 0.25) is 5.82 Å². The van der Waals surface area contributed by atoms with Crippen molar-refractivity contribution in [3.8, 4) is 0 Å². The summed E-state index contributed by atoms with van der Waals surface area (Å²) in [6, 6.07) is 6.22. The van der Waals surface area contributed by atoms with E-state index in [9.17, 15) is 14.5 Å². The van der Waals surface area contributed by atoms with Crippen LogP contribution in [0.2, 0.25) is 0 Å². The van der Waals surface area contributed by atoms with Crippen molar-refractivity contribution in [3.05, 3.63) is 51.5 Å². The molecule has 0 bridgehead atoms. The highest BCUT2D eigenvalue weighted by molar-refractivity contribution is 5.60. The lowest BCUT2D eigenvalue weighted by molar-refractivity contribution is -0.384. The fourth-order valence-corrected chi connectivity index (χ4v) is 2.70.